The number of nitrogens with one attached hydrogen (secondary N) is 2. The minimum Gasteiger partial charge on any atom is -0.302 e. The molecular formula is C17H19N5O2S. The van der Waals surface area contributed by atoms with Crippen molar-refractivity contribution in [1.82, 2.24) is 25.6 Å². The lowest BCUT2D eigenvalue weighted by Crippen LogP contribution is -2.42. The first-order valence-corrected chi connectivity index (χ1v) is 8.98. The van der Waals surface area contributed by atoms with E-state index in [0.717, 1.165) is 18.7 Å². The lowest BCUT2D eigenvalue weighted by Gasteiger charge is -2.08. The Morgan fingerprint density at radius 1 is 1.24 bits per heavy atom. The van der Waals surface area contributed by atoms with E-state index in [1.807, 2.05) is 10.6 Å². The lowest BCUT2D eigenvalue weighted by molar-refractivity contribution is -0.119. The van der Waals surface area contributed by atoms with Gasteiger partial charge in [-0.2, -0.15) is 0 Å². The molecule has 2 aromatic rings. The van der Waals surface area contributed by atoms with Crippen LogP contribution in [0.2, 0.25) is 0 Å². The first kappa shape index (κ1) is 17.2. The van der Waals surface area contributed by atoms with Gasteiger partial charge in [-0.05, 0) is 25.0 Å². The average molecular weight is 357 g/mol. The SMILES string of the molecule is C=CCn1c(SCC(=O)NNC(=O)c2ccccc2)nnc1C1CC1. The van der Waals surface area contributed by atoms with E-state index in [4.69, 9.17) is 0 Å². The van der Waals surface area contributed by atoms with Crippen LogP contribution in [0.25, 0.3) is 0 Å². The molecule has 0 radical (unpaired) electrons. The number of carbonyl (C=O) groups excluding carboxylic acids is 2. The van der Waals surface area contributed by atoms with Gasteiger partial charge in [0.25, 0.3) is 5.91 Å². The summed E-state index contributed by atoms with van der Waals surface area (Å²) in [7, 11) is 0. The maximum absolute atomic E-state index is 12.0. The Bertz CT molecular complexity index is 771. The fourth-order valence-electron chi connectivity index (χ4n) is 2.31. The van der Waals surface area contributed by atoms with Gasteiger partial charge in [0.2, 0.25) is 5.91 Å². The molecule has 0 spiro atoms. The molecule has 25 heavy (non-hydrogen) atoms. The Morgan fingerprint density at radius 3 is 2.68 bits per heavy atom. The van der Waals surface area contributed by atoms with Crippen molar-refractivity contribution in [3.63, 3.8) is 0 Å². The molecule has 0 bridgehead atoms. The zero-order valence-corrected chi connectivity index (χ0v) is 14.5. The Morgan fingerprint density at radius 2 is 2.00 bits per heavy atom. The molecule has 1 aromatic heterocycles. The Hall–Kier alpha value is -2.61. The fraction of sp³-hybridized carbons (Fsp3) is 0.294. The van der Waals surface area contributed by atoms with Crippen LogP contribution < -0.4 is 10.9 Å². The van der Waals surface area contributed by atoms with Gasteiger partial charge in [0.1, 0.15) is 5.82 Å². The average Bonchev–Trinajstić information content (AvgIpc) is 3.41. The highest BCUT2D eigenvalue weighted by molar-refractivity contribution is 7.99. The highest BCUT2D eigenvalue weighted by Gasteiger charge is 2.30. The van der Waals surface area contributed by atoms with Gasteiger partial charge in [-0.3, -0.25) is 20.4 Å². The summed E-state index contributed by atoms with van der Waals surface area (Å²) in [6.07, 6.45) is 4.05. The van der Waals surface area contributed by atoms with E-state index in [-0.39, 0.29) is 17.6 Å². The van der Waals surface area contributed by atoms with Crippen molar-refractivity contribution in [3.8, 4) is 0 Å². The summed E-state index contributed by atoms with van der Waals surface area (Å²) in [6, 6.07) is 8.69. The summed E-state index contributed by atoms with van der Waals surface area (Å²) < 4.78 is 1.99. The molecule has 0 saturated heterocycles. The smallest absolute Gasteiger partial charge is 0.269 e. The lowest BCUT2D eigenvalue weighted by atomic mass is 10.2. The van der Waals surface area contributed by atoms with Crippen molar-refractivity contribution in [2.45, 2.75) is 30.5 Å². The van der Waals surface area contributed by atoms with Gasteiger partial charge >= 0.3 is 0 Å². The van der Waals surface area contributed by atoms with Crippen molar-refractivity contribution in [1.29, 1.82) is 0 Å². The first-order valence-electron chi connectivity index (χ1n) is 8.00. The largest absolute Gasteiger partial charge is 0.302 e. The molecule has 8 heteroatoms. The normalized spacial score (nSPS) is 13.3. The van der Waals surface area contributed by atoms with Crippen LogP contribution in [0.4, 0.5) is 0 Å². The molecule has 1 saturated carbocycles. The molecule has 1 heterocycles. The van der Waals surface area contributed by atoms with E-state index >= 15 is 0 Å². The second kappa shape index (κ2) is 7.98. The predicted molar refractivity (Wildman–Crippen MR) is 95.0 cm³/mol. The van der Waals surface area contributed by atoms with E-state index in [0.29, 0.717) is 23.2 Å². The predicted octanol–water partition coefficient (Wildman–Crippen LogP) is 1.89. The zero-order valence-electron chi connectivity index (χ0n) is 13.6. The number of carbonyl (C=O) groups is 2. The van der Waals surface area contributed by atoms with Crippen molar-refractivity contribution in [2.75, 3.05) is 5.75 Å². The van der Waals surface area contributed by atoms with Crippen LogP contribution >= 0.6 is 11.8 Å². The number of hydrazine groups is 1. The maximum Gasteiger partial charge on any atom is 0.269 e. The molecule has 0 atom stereocenters. The zero-order chi connectivity index (χ0) is 17.6. The third kappa shape index (κ3) is 4.48. The molecule has 2 amide bonds. The summed E-state index contributed by atoms with van der Waals surface area (Å²) in [4.78, 5) is 23.8. The quantitative estimate of drug-likeness (QED) is 0.449. The van der Waals surface area contributed by atoms with Gasteiger partial charge in [0.05, 0.1) is 5.75 Å². The molecule has 1 fully saturated rings. The fourth-order valence-corrected chi connectivity index (χ4v) is 3.06. The highest BCUT2D eigenvalue weighted by atomic mass is 32.2. The summed E-state index contributed by atoms with van der Waals surface area (Å²) in [6.45, 7) is 4.38. The molecule has 1 aliphatic carbocycles. The molecule has 0 unspecified atom stereocenters. The van der Waals surface area contributed by atoms with Crippen LogP contribution in [0.1, 0.15) is 34.9 Å². The minimum atomic E-state index is -0.357. The number of thioether (sulfide) groups is 1. The molecule has 7 nitrogen and oxygen atoms in total. The van der Waals surface area contributed by atoms with Crippen LogP contribution in [0.3, 0.4) is 0 Å². The summed E-state index contributed by atoms with van der Waals surface area (Å²) >= 11 is 1.29. The van der Waals surface area contributed by atoms with Crippen LogP contribution in [-0.4, -0.2) is 32.3 Å². The van der Waals surface area contributed by atoms with Crippen molar-refractivity contribution < 1.29 is 9.59 Å². The molecule has 1 aliphatic rings. The second-order valence-corrected chi connectivity index (χ2v) is 6.61. The van der Waals surface area contributed by atoms with E-state index in [9.17, 15) is 9.59 Å². The van der Waals surface area contributed by atoms with Crippen molar-refractivity contribution in [2.24, 2.45) is 0 Å². The van der Waals surface area contributed by atoms with Gasteiger partial charge in [0, 0.05) is 18.0 Å². The van der Waals surface area contributed by atoms with E-state index in [2.05, 4.69) is 27.6 Å². The number of hydrogen-bond donors (Lipinski definition) is 2. The number of hydrogen-bond acceptors (Lipinski definition) is 5. The molecule has 1 aromatic carbocycles. The Balaban J connectivity index is 1.51. The van der Waals surface area contributed by atoms with Crippen LogP contribution in [0.5, 0.6) is 0 Å². The first-order chi connectivity index (χ1) is 12.2. The summed E-state index contributed by atoms with van der Waals surface area (Å²) in [5.41, 5.74) is 5.29. The summed E-state index contributed by atoms with van der Waals surface area (Å²) in [5, 5.41) is 9.09. The van der Waals surface area contributed by atoms with Crippen LogP contribution in [-0.2, 0) is 11.3 Å². The number of nitrogens with zero attached hydrogens (tertiary/aromatic N) is 3. The minimum absolute atomic E-state index is 0.134. The van der Waals surface area contributed by atoms with Gasteiger partial charge in [0.15, 0.2) is 5.16 Å². The van der Waals surface area contributed by atoms with E-state index in [1.165, 1.54) is 11.8 Å². The van der Waals surface area contributed by atoms with Gasteiger partial charge in [-0.1, -0.05) is 36.0 Å². The monoisotopic (exact) mass is 357 g/mol. The molecule has 2 N–H and O–H groups in total. The second-order valence-electron chi connectivity index (χ2n) is 5.67. The standard InChI is InChI=1S/C17H19N5O2S/c1-2-10-22-15(12-8-9-12)19-21-17(22)25-11-14(23)18-20-16(24)13-6-4-3-5-7-13/h2-7,12H,1,8-11H2,(H,18,23)(H,20,24). The molecule has 130 valence electrons. The van der Waals surface area contributed by atoms with E-state index in [1.54, 1.807) is 30.3 Å². The third-order valence-corrected chi connectivity index (χ3v) is 4.65. The van der Waals surface area contributed by atoms with Crippen LogP contribution in [0.15, 0.2) is 48.1 Å². The van der Waals surface area contributed by atoms with Gasteiger partial charge in [-0.25, -0.2) is 0 Å². The van der Waals surface area contributed by atoms with Crippen molar-refractivity contribution in [3.05, 3.63) is 54.4 Å². The molecule has 0 aliphatic heterocycles. The number of allylic oxidation sites excluding steroid dienone is 1. The third-order valence-electron chi connectivity index (χ3n) is 3.68. The highest BCUT2D eigenvalue weighted by Crippen LogP contribution is 2.39. The number of benzene rings is 1. The molecule has 3 rings (SSSR count). The maximum atomic E-state index is 12.0. The molecular weight excluding hydrogens is 338 g/mol. The topological polar surface area (TPSA) is 88.9 Å². The van der Waals surface area contributed by atoms with Crippen LogP contribution in [0, 0.1) is 0 Å². The Labute approximate surface area is 149 Å². The number of aromatic nitrogens is 3. The van der Waals surface area contributed by atoms with Gasteiger partial charge < -0.3 is 4.57 Å². The Kier molecular flexibility index (Phi) is 5.49. The number of amides is 2. The summed E-state index contributed by atoms with van der Waals surface area (Å²) in [5.74, 6) is 0.899. The van der Waals surface area contributed by atoms with Crippen molar-refractivity contribution >= 4 is 23.6 Å². The van der Waals surface area contributed by atoms with Gasteiger partial charge in [-0.15, -0.1) is 16.8 Å². The van der Waals surface area contributed by atoms with E-state index < -0.39 is 0 Å². The number of rotatable bonds is 7.